The molecule has 1 heterocycles. The smallest absolute Gasteiger partial charge is 0.267 e. The summed E-state index contributed by atoms with van der Waals surface area (Å²) in [5, 5.41) is 3.94. The van der Waals surface area contributed by atoms with Gasteiger partial charge in [0.25, 0.3) is 5.91 Å². The molecular weight excluding hydrogens is 250 g/mol. The average Bonchev–Trinajstić information content (AvgIpc) is 2.48. The van der Waals surface area contributed by atoms with E-state index >= 15 is 0 Å². The molecule has 0 radical (unpaired) electrons. The maximum atomic E-state index is 11.7. The predicted molar refractivity (Wildman–Crippen MR) is 79.8 cm³/mol. The van der Waals surface area contributed by atoms with E-state index in [1.807, 2.05) is 12.1 Å². The molecule has 1 aromatic heterocycles. The van der Waals surface area contributed by atoms with E-state index in [0.717, 1.165) is 5.56 Å². The van der Waals surface area contributed by atoms with Crippen molar-refractivity contribution in [3.63, 3.8) is 0 Å². The van der Waals surface area contributed by atoms with E-state index in [2.05, 4.69) is 41.5 Å². The molecule has 1 amide bonds. The van der Waals surface area contributed by atoms with Gasteiger partial charge in [-0.1, -0.05) is 38.1 Å². The first-order valence-electron chi connectivity index (χ1n) is 6.50. The van der Waals surface area contributed by atoms with E-state index in [0.29, 0.717) is 11.5 Å². The number of rotatable bonds is 4. The van der Waals surface area contributed by atoms with Gasteiger partial charge in [-0.3, -0.25) is 9.78 Å². The van der Waals surface area contributed by atoms with Crippen molar-refractivity contribution in [2.24, 2.45) is 5.10 Å². The first kappa shape index (κ1) is 13.9. The molecule has 0 saturated heterocycles. The number of hydrogen-bond donors (Lipinski definition) is 1. The van der Waals surface area contributed by atoms with Crippen LogP contribution in [-0.2, 0) is 0 Å². The van der Waals surface area contributed by atoms with Gasteiger partial charge in [0.15, 0.2) is 0 Å². The Morgan fingerprint density at radius 1 is 1.25 bits per heavy atom. The normalized spacial score (nSPS) is 10.9. The Morgan fingerprint density at radius 2 is 2.00 bits per heavy atom. The lowest BCUT2D eigenvalue weighted by Crippen LogP contribution is -2.17. The average molecular weight is 267 g/mol. The summed E-state index contributed by atoms with van der Waals surface area (Å²) in [5.41, 5.74) is 5.19. The van der Waals surface area contributed by atoms with Gasteiger partial charge in [0.05, 0.1) is 11.8 Å². The zero-order valence-electron chi connectivity index (χ0n) is 11.6. The van der Waals surface area contributed by atoms with Crippen molar-refractivity contribution in [2.45, 2.75) is 19.8 Å². The van der Waals surface area contributed by atoms with Crippen LogP contribution in [0.2, 0.25) is 0 Å². The molecule has 0 aliphatic heterocycles. The number of hydrazone groups is 1. The molecule has 0 aliphatic rings. The first-order valence-corrected chi connectivity index (χ1v) is 6.50. The molecule has 4 nitrogen and oxygen atoms in total. The van der Waals surface area contributed by atoms with Gasteiger partial charge in [0.2, 0.25) is 0 Å². The monoisotopic (exact) mass is 267 g/mol. The summed E-state index contributed by atoms with van der Waals surface area (Å²) in [7, 11) is 0. The second kappa shape index (κ2) is 6.61. The van der Waals surface area contributed by atoms with E-state index in [-0.39, 0.29) is 5.91 Å². The van der Waals surface area contributed by atoms with Crippen LogP contribution in [0.1, 0.15) is 41.3 Å². The molecule has 1 aromatic carbocycles. The number of nitrogens with zero attached hydrogens (tertiary/aromatic N) is 2. The fraction of sp³-hybridized carbons (Fsp3) is 0.188. The highest BCUT2D eigenvalue weighted by Crippen LogP contribution is 2.13. The van der Waals surface area contributed by atoms with Gasteiger partial charge in [0.1, 0.15) is 0 Å². The number of carbonyl (C=O) groups excluding carboxylic acids is 1. The molecule has 0 aliphatic carbocycles. The Hall–Kier alpha value is -2.49. The maximum Gasteiger partial charge on any atom is 0.272 e. The van der Waals surface area contributed by atoms with Crippen LogP contribution >= 0.6 is 0 Å². The van der Waals surface area contributed by atoms with Crippen LogP contribution in [0.5, 0.6) is 0 Å². The maximum absolute atomic E-state index is 11.7. The van der Waals surface area contributed by atoms with Crippen molar-refractivity contribution < 1.29 is 4.79 Å². The molecule has 2 aromatic rings. The summed E-state index contributed by atoms with van der Waals surface area (Å²) in [6.45, 7) is 4.30. The van der Waals surface area contributed by atoms with E-state index in [1.165, 1.54) is 11.8 Å². The number of pyridine rings is 1. The molecule has 0 bridgehead atoms. The third-order valence-corrected chi connectivity index (χ3v) is 2.91. The quantitative estimate of drug-likeness (QED) is 0.684. The highest BCUT2D eigenvalue weighted by atomic mass is 16.2. The van der Waals surface area contributed by atoms with Crippen LogP contribution in [0, 0.1) is 0 Å². The van der Waals surface area contributed by atoms with Crippen molar-refractivity contribution in [3.8, 4) is 0 Å². The van der Waals surface area contributed by atoms with Crippen LogP contribution in [0.3, 0.4) is 0 Å². The number of nitrogens with one attached hydrogen (secondary N) is 1. The summed E-state index contributed by atoms with van der Waals surface area (Å²) in [6.07, 6.45) is 4.75. The van der Waals surface area contributed by atoms with Crippen molar-refractivity contribution >= 4 is 12.1 Å². The summed E-state index contributed by atoms with van der Waals surface area (Å²) in [5.74, 6) is 0.236. The van der Waals surface area contributed by atoms with Gasteiger partial charge in [0, 0.05) is 12.4 Å². The van der Waals surface area contributed by atoms with Crippen LogP contribution in [0.25, 0.3) is 0 Å². The molecule has 20 heavy (non-hydrogen) atoms. The van der Waals surface area contributed by atoms with Gasteiger partial charge in [-0.05, 0) is 29.2 Å². The molecule has 102 valence electrons. The van der Waals surface area contributed by atoms with Crippen LogP contribution in [0.15, 0.2) is 53.9 Å². The van der Waals surface area contributed by atoms with Crippen molar-refractivity contribution in [1.29, 1.82) is 0 Å². The minimum atomic E-state index is -0.270. The largest absolute Gasteiger partial charge is 0.272 e. The van der Waals surface area contributed by atoms with E-state index in [9.17, 15) is 4.79 Å². The van der Waals surface area contributed by atoms with Crippen molar-refractivity contribution in [1.82, 2.24) is 10.4 Å². The molecular formula is C16H17N3O. The number of amides is 1. The van der Waals surface area contributed by atoms with Gasteiger partial charge < -0.3 is 0 Å². The predicted octanol–water partition coefficient (Wildman–Crippen LogP) is 2.97. The zero-order valence-corrected chi connectivity index (χ0v) is 11.6. The van der Waals surface area contributed by atoms with Gasteiger partial charge in [-0.25, -0.2) is 5.43 Å². The topological polar surface area (TPSA) is 54.4 Å². The number of aromatic nitrogens is 1. The second-order valence-corrected chi connectivity index (χ2v) is 4.76. The lowest BCUT2D eigenvalue weighted by molar-refractivity contribution is 0.0955. The van der Waals surface area contributed by atoms with E-state index in [4.69, 9.17) is 0 Å². The summed E-state index contributed by atoms with van der Waals surface area (Å²) < 4.78 is 0. The fourth-order valence-corrected chi connectivity index (χ4v) is 1.69. The third-order valence-electron chi connectivity index (χ3n) is 2.91. The zero-order chi connectivity index (χ0) is 14.4. The molecule has 2 rings (SSSR count). The Balaban J connectivity index is 1.95. The van der Waals surface area contributed by atoms with Crippen LogP contribution < -0.4 is 5.43 Å². The summed E-state index contributed by atoms with van der Waals surface area (Å²) in [4.78, 5) is 15.6. The number of benzene rings is 1. The van der Waals surface area contributed by atoms with Crippen LogP contribution in [-0.4, -0.2) is 17.1 Å². The van der Waals surface area contributed by atoms with E-state index < -0.39 is 0 Å². The Morgan fingerprint density at radius 3 is 2.60 bits per heavy atom. The van der Waals surface area contributed by atoms with Gasteiger partial charge in [-0.15, -0.1) is 0 Å². The number of carbonyl (C=O) groups is 1. The lowest BCUT2D eigenvalue weighted by atomic mass is 10.0. The van der Waals surface area contributed by atoms with Crippen molar-refractivity contribution in [3.05, 3.63) is 65.5 Å². The summed E-state index contributed by atoms with van der Waals surface area (Å²) in [6, 6.07) is 11.5. The molecule has 4 heteroatoms. The summed E-state index contributed by atoms with van der Waals surface area (Å²) >= 11 is 0. The Bertz CT molecular complexity index is 589. The standard InChI is InChI=1S/C16H17N3O/c1-12(2)14-7-5-13(6-8-14)10-18-19-16(20)15-4-3-9-17-11-15/h3-12H,1-2H3,(H,19,20)/b18-10+. The molecule has 0 fully saturated rings. The first-order chi connectivity index (χ1) is 9.66. The second-order valence-electron chi connectivity index (χ2n) is 4.76. The number of hydrogen-bond acceptors (Lipinski definition) is 3. The fourth-order valence-electron chi connectivity index (χ4n) is 1.69. The van der Waals surface area contributed by atoms with Crippen molar-refractivity contribution in [2.75, 3.05) is 0 Å². The van der Waals surface area contributed by atoms with Crippen LogP contribution in [0.4, 0.5) is 0 Å². The molecule has 0 spiro atoms. The molecule has 1 N–H and O–H groups in total. The Kier molecular flexibility index (Phi) is 4.60. The minimum absolute atomic E-state index is 0.270. The lowest BCUT2D eigenvalue weighted by Gasteiger charge is -2.04. The molecule has 0 unspecified atom stereocenters. The van der Waals surface area contributed by atoms with Gasteiger partial charge >= 0.3 is 0 Å². The molecule has 0 saturated carbocycles. The SMILES string of the molecule is CC(C)c1ccc(/C=N/NC(=O)c2cccnc2)cc1. The van der Waals surface area contributed by atoms with E-state index in [1.54, 1.807) is 24.5 Å². The Labute approximate surface area is 118 Å². The molecule has 0 atom stereocenters. The highest BCUT2D eigenvalue weighted by molar-refractivity contribution is 5.94. The van der Waals surface area contributed by atoms with Gasteiger partial charge in [-0.2, -0.15) is 5.10 Å². The highest BCUT2D eigenvalue weighted by Gasteiger charge is 2.02. The third kappa shape index (κ3) is 3.75. The minimum Gasteiger partial charge on any atom is -0.267 e.